The molecule has 0 saturated carbocycles. The Morgan fingerprint density at radius 1 is 1.45 bits per heavy atom. The fourth-order valence-electron chi connectivity index (χ4n) is 1.97. The van der Waals surface area contributed by atoms with Crippen molar-refractivity contribution in [3.05, 3.63) is 17.8 Å². The van der Waals surface area contributed by atoms with E-state index < -0.39 is 5.60 Å². The molecule has 0 aliphatic rings. The van der Waals surface area contributed by atoms with Crippen molar-refractivity contribution in [2.75, 3.05) is 19.0 Å². The predicted molar refractivity (Wildman–Crippen MR) is 79.1 cm³/mol. The van der Waals surface area contributed by atoms with Crippen molar-refractivity contribution in [3.63, 3.8) is 0 Å². The first kappa shape index (κ1) is 16.4. The molecule has 0 spiro atoms. The first-order valence-corrected chi connectivity index (χ1v) is 6.92. The number of pyridine rings is 1. The van der Waals surface area contributed by atoms with Crippen LogP contribution in [0.15, 0.2) is 12.3 Å². The minimum atomic E-state index is -0.818. The Balaban J connectivity index is 2.82. The van der Waals surface area contributed by atoms with E-state index in [0.717, 1.165) is 12.0 Å². The third-order valence-corrected chi connectivity index (χ3v) is 3.23. The normalized spacial score (nSPS) is 13.7. The lowest BCUT2D eigenvalue weighted by molar-refractivity contribution is -0.136. The van der Waals surface area contributed by atoms with Crippen molar-refractivity contribution in [2.24, 2.45) is 0 Å². The van der Waals surface area contributed by atoms with Gasteiger partial charge in [0.15, 0.2) is 0 Å². The van der Waals surface area contributed by atoms with Gasteiger partial charge in [0, 0.05) is 12.7 Å². The molecule has 0 aliphatic heterocycles. The standard InChI is InChI=1S/C15H24N2O3/c1-6-8-15(4,19-5)14(18)17-12-9-11(3)13(16-10-12)20-7-2/h9-10H,6-8H2,1-5H3,(H,17,18). The lowest BCUT2D eigenvalue weighted by Gasteiger charge is -2.26. The highest BCUT2D eigenvalue weighted by Gasteiger charge is 2.32. The molecular formula is C15H24N2O3. The van der Waals surface area contributed by atoms with Crippen LogP contribution in [0.1, 0.15) is 39.2 Å². The van der Waals surface area contributed by atoms with Crippen molar-refractivity contribution < 1.29 is 14.3 Å². The number of aromatic nitrogens is 1. The highest BCUT2D eigenvalue weighted by molar-refractivity contribution is 5.97. The minimum Gasteiger partial charge on any atom is -0.478 e. The van der Waals surface area contributed by atoms with Crippen LogP contribution < -0.4 is 10.1 Å². The average Bonchev–Trinajstić information content (AvgIpc) is 2.42. The van der Waals surface area contributed by atoms with Crippen LogP contribution in [-0.2, 0) is 9.53 Å². The van der Waals surface area contributed by atoms with Crippen molar-refractivity contribution in [1.82, 2.24) is 4.98 Å². The number of amides is 1. The summed E-state index contributed by atoms with van der Waals surface area (Å²) in [7, 11) is 1.55. The topological polar surface area (TPSA) is 60.5 Å². The summed E-state index contributed by atoms with van der Waals surface area (Å²) in [6, 6.07) is 1.85. The Kier molecular flexibility index (Phi) is 5.95. The number of nitrogens with zero attached hydrogens (tertiary/aromatic N) is 1. The molecule has 1 rings (SSSR count). The smallest absolute Gasteiger partial charge is 0.256 e. The molecule has 0 radical (unpaired) electrons. The average molecular weight is 280 g/mol. The first-order chi connectivity index (χ1) is 9.46. The molecule has 1 aromatic rings. The van der Waals surface area contributed by atoms with E-state index in [0.29, 0.717) is 24.6 Å². The quantitative estimate of drug-likeness (QED) is 0.834. The lowest BCUT2D eigenvalue weighted by Crippen LogP contribution is -2.41. The zero-order valence-electron chi connectivity index (χ0n) is 12.9. The van der Waals surface area contributed by atoms with Gasteiger partial charge in [0.05, 0.1) is 18.5 Å². The SMILES string of the molecule is CCCC(C)(OC)C(=O)Nc1cnc(OCC)c(C)c1. The van der Waals surface area contributed by atoms with Gasteiger partial charge < -0.3 is 14.8 Å². The largest absolute Gasteiger partial charge is 0.478 e. The van der Waals surface area contributed by atoms with Crippen LogP contribution >= 0.6 is 0 Å². The van der Waals surface area contributed by atoms with Crippen molar-refractivity contribution in [1.29, 1.82) is 0 Å². The van der Waals surface area contributed by atoms with Crippen LogP contribution in [0.25, 0.3) is 0 Å². The van der Waals surface area contributed by atoms with Gasteiger partial charge in [-0.3, -0.25) is 4.79 Å². The van der Waals surface area contributed by atoms with Crippen molar-refractivity contribution in [2.45, 2.75) is 46.1 Å². The molecule has 0 bridgehead atoms. The molecule has 0 aromatic carbocycles. The second kappa shape index (κ2) is 7.24. The number of carbonyl (C=O) groups is 1. The van der Waals surface area contributed by atoms with Gasteiger partial charge in [-0.15, -0.1) is 0 Å². The lowest BCUT2D eigenvalue weighted by atomic mass is 9.99. The van der Waals surface area contributed by atoms with Crippen LogP contribution in [0.3, 0.4) is 0 Å². The number of carbonyl (C=O) groups excluding carboxylic acids is 1. The Hall–Kier alpha value is -1.62. The summed E-state index contributed by atoms with van der Waals surface area (Å²) in [6.45, 7) is 8.19. The third-order valence-electron chi connectivity index (χ3n) is 3.23. The molecule has 0 saturated heterocycles. The maximum absolute atomic E-state index is 12.3. The number of aryl methyl sites for hydroxylation is 1. The second-order valence-electron chi connectivity index (χ2n) is 4.92. The van der Waals surface area contributed by atoms with Gasteiger partial charge >= 0.3 is 0 Å². The Bertz CT molecular complexity index is 462. The molecule has 112 valence electrons. The van der Waals surface area contributed by atoms with Crippen molar-refractivity contribution >= 4 is 11.6 Å². The monoisotopic (exact) mass is 280 g/mol. The first-order valence-electron chi connectivity index (χ1n) is 6.92. The molecule has 5 heteroatoms. The van der Waals surface area contributed by atoms with Gasteiger partial charge in [0.1, 0.15) is 5.60 Å². The Morgan fingerprint density at radius 3 is 2.65 bits per heavy atom. The fourth-order valence-corrected chi connectivity index (χ4v) is 1.97. The molecule has 0 fully saturated rings. The molecule has 0 aliphatic carbocycles. The molecule has 1 aromatic heterocycles. The summed E-state index contributed by atoms with van der Waals surface area (Å²) in [6.07, 6.45) is 3.13. The third kappa shape index (κ3) is 3.93. The van der Waals surface area contributed by atoms with Gasteiger partial charge in [-0.1, -0.05) is 13.3 Å². The summed E-state index contributed by atoms with van der Waals surface area (Å²) in [5.74, 6) is 0.431. The highest BCUT2D eigenvalue weighted by atomic mass is 16.5. The molecule has 1 N–H and O–H groups in total. The van der Waals surface area contributed by atoms with E-state index >= 15 is 0 Å². The molecule has 20 heavy (non-hydrogen) atoms. The number of anilines is 1. The molecule has 1 amide bonds. The van der Waals surface area contributed by atoms with Crippen LogP contribution in [0, 0.1) is 6.92 Å². The van der Waals surface area contributed by atoms with E-state index in [2.05, 4.69) is 10.3 Å². The minimum absolute atomic E-state index is 0.160. The molecule has 1 atom stereocenters. The van der Waals surface area contributed by atoms with E-state index in [9.17, 15) is 4.79 Å². The zero-order valence-corrected chi connectivity index (χ0v) is 12.9. The highest BCUT2D eigenvalue weighted by Crippen LogP contribution is 2.22. The molecule has 1 unspecified atom stereocenters. The molecular weight excluding hydrogens is 256 g/mol. The van der Waals surface area contributed by atoms with Crippen LogP contribution in [0.2, 0.25) is 0 Å². The number of methoxy groups -OCH3 is 1. The summed E-state index contributed by atoms with van der Waals surface area (Å²) in [4.78, 5) is 16.5. The number of hydrogen-bond donors (Lipinski definition) is 1. The Labute approximate surface area is 120 Å². The maximum atomic E-state index is 12.3. The Morgan fingerprint density at radius 2 is 2.15 bits per heavy atom. The second-order valence-corrected chi connectivity index (χ2v) is 4.92. The van der Waals surface area contributed by atoms with E-state index in [4.69, 9.17) is 9.47 Å². The van der Waals surface area contributed by atoms with Gasteiger partial charge in [0.2, 0.25) is 5.88 Å². The van der Waals surface area contributed by atoms with E-state index in [1.165, 1.54) is 0 Å². The fraction of sp³-hybridized carbons (Fsp3) is 0.600. The number of nitrogens with one attached hydrogen (secondary N) is 1. The van der Waals surface area contributed by atoms with E-state index in [-0.39, 0.29) is 5.91 Å². The summed E-state index contributed by atoms with van der Waals surface area (Å²) in [5, 5.41) is 2.85. The summed E-state index contributed by atoms with van der Waals surface area (Å²) in [5.41, 5.74) is 0.718. The van der Waals surface area contributed by atoms with Crippen LogP contribution in [0.4, 0.5) is 5.69 Å². The number of ether oxygens (including phenoxy) is 2. The van der Waals surface area contributed by atoms with E-state index in [1.807, 2.05) is 26.8 Å². The van der Waals surface area contributed by atoms with Crippen LogP contribution in [0.5, 0.6) is 5.88 Å². The van der Waals surface area contributed by atoms with Crippen molar-refractivity contribution in [3.8, 4) is 5.88 Å². The number of rotatable bonds is 7. The zero-order chi connectivity index (χ0) is 15.2. The number of hydrogen-bond acceptors (Lipinski definition) is 4. The van der Waals surface area contributed by atoms with Gasteiger partial charge in [0.25, 0.3) is 5.91 Å². The molecule has 5 nitrogen and oxygen atoms in total. The summed E-state index contributed by atoms with van der Waals surface area (Å²) >= 11 is 0. The van der Waals surface area contributed by atoms with Gasteiger partial charge in [-0.05, 0) is 33.3 Å². The summed E-state index contributed by atoms with van der Waals surface area (Å²) < 4.78 is 10.7. The molecule has 1 heterocycles. The van der Waals surface area contributed by atoms with E-state index in [1.54, 1.807) is 20.2 Å². The predicted octanol–water partition coefficient (Wildman–Crippen LogP) is 2.93. The maximum Gasteiger partial charge on any atom is 0.256 e. The van der Waals surface area contributed by atoms with Gasteiger partial charge in [-0.25, -0.2) is 4.98 Å². The van der Waals surface area contributed by atoms with Gasteiger partial charge in [-0.2, -0.15) is 0 Å². The van der Waals surface area contributed by atoms with Crippen LogP contribution in [-0.4, -0.2) is 30.2 Å².